The molecule has 1 fully saturated rings. The summed E-state index contributed by atoms with van der Waals surface area (Å²) < 4.78 is 52.9. The van der Waals surface area contributed by atoms with Crippen LogP contribution < -0.4 is 5.43 Å². The molecule has 2 aromatic carbocycles. The van der Waals surface area contributed by atoms with Gasteiger partial charge in [0.2, 0.25) is 10.0 Å². The van der Waals surface area contributed by atoms with Crippen molar-refractivity contribution in [3.8, 4) is 0 Å². The maximum absolute atomic E-state index is 13.5. The fraction of sp³-hybridized carbons (Fsp3) is 0.222. The summed E-state index contributed by atoms with van der Waals surface area (Å²) in [6.07, 6.45) is 2.67. The highest BCUT2D eigenvalue weighted by molar-refractivity contribution is 7.89. The number of nitrogens with zero attached hydrogens (tertiary/aromatic N) is 2. The normalized spacial score (nSPS) is 15.3. The predicted molar refractivity (Wildman–Crippen MR) is 95.9 cm³/mol. The van der Waals surface area contributed by atoms with Crippen molar-refractivity contribution in [2.45, 2.75) is 17.7 Å². The lowest BCUT2D eigenvalue weighted by molar-refractivity contribution is 0.0955. The molecule has 0 atom stereocenters. The molecule has 0 saturated carbocycles. The van der Waals surface area contributed by atoms with E-state index in [-0.39, 0.29) is 16.0 Å². The van der Waals surface area contributed by atoms with Gasteiger partial charge in [-0.2, -0.15) is 9.41 Å². The lowest BCUT2D eigenvalue weighted by atomic mass is 10.2. The molecule has 1 N–H and O–H groups in total. The molecule has 0 aliphatic carbocycles. The highest BCUT2D eigenvalue weighted by atomic mass is 32.2. The minimum absolute atomic E-state index is 0.00191. The van der Waals surface area contributed by atoms with E-state index in [9.17, 15) is 22.0 Å². The van der Waals surface area contributed by atoms with Gasteiger partial charge < -0.3 is 0 Å². The maximum atomic E-state index is 13.5. The summed E-state index contributed by atoms with van der Waals surface area (Å²) in [7, 11) is -3.64. The van der Waals surface area contributed by atoms with Crippen LogP contribution in [-0.2, 0) is 10.0 Å². The Kier molecular flexibility index (Phi) is 5.62. The minimum atomic E-state index is -3.64. The van der Waals surface area contributed by atoms with E-state index in [1.807, 2.05) is 0 Å². The van der Waals surface area contributed by atoms with E-state index in [0.29, 0.717) is 19.2 Å². The first-order chi connectivity index (χ1) is 12.9. The molecule has 27 heavy (non-hydrogen) atoms. The number of amides is 1. The molecule has 142 valence electrons. The monoisotopic (exact) mass is 393 g/mol. The number of benzene rings is 2. The molecular weight excluding hydrogens is 376 g/mol. The Morgan fingerprint density at radius 1 is 1.11 bits per heavy atom. The molecule has 1 aliphatic heterocycles. The average Bonchev–Trinajstić information content (AvgIpc) is 3.19. The van der Waals surface area contributed by atoms with Crippen LogP contribution in [0.1, 0.15) is 28.8 Å². The molecule has 0 unspecified atom stereocenters. The van der Waals surface area contributed by atoms with Gasteiger partial charge in [0.15, 0.2) is 0 Å². The first kappa shape index (κ1) is 19.1. The number of nitrogens with one attached hydrogen (secondary N) is 1. The summed E-state index contributed by atoms with van der Waals surface area (Å²) in [5.74, 6) is -2.18. The van der Waals surface area contributed by atoms with Gasteiger partial charge in [0.05, 0.1) is 11.1 Å². The molecule has 1 heterocycles. The third-order valence-corrected chi connectivity index (χ3v) is 6.03. The first-order valence-electron chi connectivity index (χ1n) is 8.26. The SMILES string of the molecule is O=C(NN=Cc1ccc(F)cc1F)c1cccc(S(=O)(=O)N2CCCC2)c1. The quantitative estimate of drug-likeness (QED) is 0.626. The number of carbonyl (C=O) groups excluding carboxylic acids is 1. The summed E-state index contributed by atoms with van der Waals surface area (Å²) in [5.41, 5.74) is 2.30. The molecule has 0 bridgehead atoms. The van der Waals surface area contributed by atoms with Gasteiger partial charge in [0.1, 0.15) is 11.6 Å². The average molecular weight is 393 g/mol. The second kappa shape index (κ2) is 7.93. The Morgan fingerprint density at radius 3 is 2.56 bits per heavy atom. The van der Waals surface area contributed by atoms with Crippen LogP contribution in [0.25, 0.3) is 0 Å². The van der Waals surface area contributed by atoms with Gasteiger partial charge >= 0.3 is 0 Å². The smallest absolute Gasteiger partial charge is 0.267 e. The molecule has 0 spiro atoms. The lowest BCUT2D eigenvalue weighted by Crippen LogP contribution is -2.28. The van der Waals surface area contributed by atoms with Gasteiger partial charge in [0.25, 0.3) is 5.91 Å². The molecule has 2 aromatic rings. The van der Waals surface area contributed by atoms with E-state index in [4.69, 9.17) is 0 Å². The maximum Gasteiger partial charge on any atom is 0.271 e. The van der Waals surface area contributed by atoms with Crippen molar-refractivity contribution in [2.75, 3.05) is 13.1 Å². The van der Waals surface area contributed by atoms with Gasteiger partial charge in [0, 0.05) is 30.3 Å². The van der Waals surface area contributed by atoms with E-state index >= 15 is 0 Å². The predicted octanol–water partition coefficient (Wildman–Crippen LogP) is 2.51. The molecule has 9 heteroatoms. The minimum Gasteiger partial charge on any atom is -0.267 e. The van der Waals surface area contributed by atoms with Crippen LogP contribution in [0.2, 0.25) is 0 Å². The number of halogens is 2. The van der Waals surface area contributed by atoms with Crippen molar-refractivity contribution in [1.29, 1.82) is 0 Å². The van der Waals surface area contributed by atoms with Crippen LogP contribution in [0.15, 0.2) is 52.5 Å². The van der Waals surface area contributed by atoms with Crippen molar-refractivity contribution >= 4 is 22.1 Å². The van der Waals surface area contributed by atoms with E-state index < -0.39 is 27.6 Å². The zero-order valence-corrected chi connectivity index (χ0v) is 15.0. The molecule has 0 radical (unpaired) electrons. The number of carbonyl (C=O) groups is 1. The third-order valence-electron chi connectivity index (χ3n) is 4.13. The number of hydrogen-bond donors (Lipinski definition) is 1. The van der Waals surface area contributed by atoms with Gasteiger partial charge in [-0.3, -0.25) is 4.79 Å². The molecule has 1 amide bonds. The van der Waals surface area contributed by atoms with Gasteiger partial charge in [-0.1, -0.05) is 6.07 Å². The summed E-state index contributed by atoms with van der Waals surface area (Å²) in [5, 5.41) is 3.63. The van der Waals surface area contributed by atoms with Gasteiger partial charge in [-0.15, -0.1) is 0 Å². The molecule has 0 aromatic heterocycles. The second-order valence-corrected chi connectivity index (χ2v) is 7.94. The second-order valence-electron chi connectivity index (χ2n) is 6.00. The largest absolute Gasteiger partial charge is 0.271 e. The molecule has 6 nitrogen and oxygen atoms in total. The van der Waals surface area contributed by atoms with Crippen LogP contribution in [-0.4, -0.2) is 37.9 Å². The Bertz CT molecular complexity index is 987. The fourth-order valence-corrected chi connectivity index (χ4v) is 4.27. The number of rotatable bonds is 5. The third kappa shape index (κ3) is 4.37. The van der Waals surface area contributed by atoms with Crippen LogP contribution >= 0.6 is 0 Å². The van der Waals surface area contributed by atoms with Crippen molar-refractivity contribution in [3.63, 3.8) is 0 Å². The van der Waals surface area contributed by atoms with Crippen molar-refractivity contribution in [3.05, 3.63) is 65.2 Å². The van der Waals surface area contributed by atoms with Crippen LogP contribution in [0.4, 0.5) is 8.78 Å². The van der Waals surface area contributed by atoms with E-state index in [1.54, 1.807) is 0 Å². The molecular formula is C18H17F2N3O3S. The summed E-state index contributed by atoms with van der Waals surface area (Å²) in [6.45, 7) is 0.929. The summed E-state index contributed by atoms with van der Waals surface area (Å²) >= 11 is 0. The highest BCUT2D eigenvalue weighted by Gasteiger charge is 2.27. The number of hydrazone groups is 1. The topological polar surface area (TPSA) is 78.8 Å². The molecule has 1 saturated heterocycles. The summed E-state index contributed by atoms with van der Waals surface area (Å²) in [4.78, 5) is 12.2. The van der Waals surface area contributed by atoms with Crippen molar-refractivity contribution in [2.24, 2.45) is 5.10 Å². The van der Waals surface area contributed by atoms with Gasteiger partial charge in [-0.25, -0.2) is 22.6 Å². The Balaban J connectivity index is 1.73. The van der Waals surface area contributed by atoms with E-state index in [0.717, 1.165) is 25.1 Å². The number of sulfonamides is 1. The van der Waals surface area contributed by atoms with Crippen LogP contribution in [0.5, 0.6) is 0 Å². The highest BCUT2D eigenvalue weighted by Crippen LogP contribution is 2.21. The van der Waals surface area contributed by atoms with Crippen LogP contribution in [0, 0.1) is 11.6 Å². The van der Waals surface area contributed by atoms with Crippen molar-refractivity contribution < 1.29 is 22.0 Å². The van der Waals surface area contributed by atoms with E-state index in [1.165, 1.54) is 34.6 Å². The Labute approximate surface area is 155 Å². The van der Waals surface area contributed by atoms with Crippen molar-refractivity contribution in [1.82, 2.24) is 9.73 Å². The number of hydrogen-bond acceptors (Lipinski definition) is 4. The molecule has 1 aliphatic rings. The standard InChI is InChI=1S/C18H17F2N3O3S/c19-15-7-6-14(17(20)11-15)12-21-22-18(24)13-4-3-5-16(10-13)27(25,26)23-8-1-2-9-23/h3-7,10-12H,1-2,8-9H2,(H,22,24). The fourth-order valence-electron chi connectivity index (χ4n) is 2.71. The first-order valence-corrected chi connectivity index (χ1v) is 9.70. The summed E-state index contributed by atoms with van der Waals surface area (Å²) in [6, 6.07) is 8.59. The van der Waals surface area contributed by atoms with Gasteiger partial charge in [-0.05, 0) is 43.2 Å². The molecule has 3 rings (SSSR count). The van der Waals surface area contributed by atoms with E-state index in [2.05, 4.69) is 10.5 Å². The lowest BCUT2D eigenvalue weighted by Gasteiger charge is -2.15. The zero-order valence-electron chi connectivity index (χ0n) is 14.2. The van der Waals surface area contributed by atoms with Crippen LogP contribution in [0.3, 0.4) is 0 Å². The zero-order chi connectivity index (χ0) is 19.4. The Hall–Kier alpha value is -2.65. The Morgan fingerprint density at radius 2 is 1.85 bits per heavy atom.